The van der Waals surface area contributed by atoms with Crippen molar-refractivity contribution in [2.45, 2.75) is 65.8 Å². The normalized spacial score (nSPS) is 32.0. The van der Waals surface area contributed by atoms with E-state index in [-0.39, 0.29) is 0 Å². The van der Waals surface area contributed by atoms with Crippen molar-refractivity contribution in [3.8, 4) is 0 Å². The second-order valence-corrected chi connectivity index (χ2v) is 8.39. The van der Waals surface area contributed by atoms with Gasteiger partial charge in [-0.25, -0.2) is 0 Å². The van der Waals surface area contributed by atoms with Crippen molar-refractivity contribution in [2.24, 2.45) is 28.9 Å². The number of carbonyl (C=O) groups excluding carboxylic acids is 1. The van der Waals surface area contributed by atoms with Crippen LogP contribution in [0.15, 0.2) is 0 Å². The van der Waals surface area contributed by atoms with Gasteiger partial charge < -0.3 is 10.6 Å². The van der Waals surface area contributed by atoms with Crippen molar-refractivity contribution in [1.82, 2.24) is 4.90 Å². The molecule has 3 heteroatoms. The zero-order valence-electron chi connectivity index (χ0n) is 13.7. The number of hydrogen-bond donors (Lipinski definition) is 1. The van der Waals surface area contributed by atoms with Gasteiger partial charge in [0.15, 0.2) is 0 Å². The highest BCUT2D eigenvalue weighted by Crippen LogP contribution is 2.36. The molecule has 0 radical (unpaired) electrons. The van der Waals surface area contributed by atoms with E-state index in [2.05, 4.69) is 32.6 Å². The second kappa shape index (κ2) is 6.05. The Morgan fingerprint density at radius 1 is 1.30 bits per heavy atom. The molecule has 2 aliphatic rings. The Labute approximate surface area is 124 Å². The molecule has 2 fully saturated rings. The van der Waals surface area contributed by atoms with Gasteiger partial charge in [-0.3, -0.25) is 4.79 Å². The van der Waals surface area contributed by atoms with Crippen LogP contribution in [0.2, 0.25) is 0 Å². The summed E-state index contributed by atoms with van der Waals surface area (Å²) in [5.74, 6) is 2.05. The van der Waals surface area contributed by atoms with Crippen LogP contribution in [0.4, 0.5) is 0 Å². The lowest BCUT2D eigenvalue weighted by molar-refractivity contribution is -0.131. The van der Waals surface area contributed by atoms with E-state index < -0.39 is 0 Å². The monoisotopic (exact) mass is 280 g/mol. The lowest BCUT2D eigenvalue weighted by Gasteiger charge is -2.29. The van der Waals surface area contributed by atoms with Crippen molar-refractivity contribution >= 4 is 5.91 Å². The van der Waals surface area contributed by atoms with Gasteiger partial charge in [0, 0.05) is 25.6 Å². The van der Waals surface area contributed by atoms with Gasteiger partial charge in [0.1, 0.15) is 0 Å². The van der Waals surface area contributed by atoms with E-state index in [1.807, 2.05) is 0 Å². The average molecular weight is 280 g/mol. The number of rotatable bonds is 3. The second-order valence-electron chi connectivity index (χ2n) is 8.39. The van der Waals surface area contributed by atoms with Gasteiger partial charge in [-0.15, -0.1) is 0 Å². The molecule has 2 N–H and O–H groups in total. The van der Waals surface area contributed by atoms with Crippen LogP contribution in [-0.2, 0) is 4.79 Å². The molecule has 0 bridgehead atoms. The molecule has 1 heterocycles. The topological polar surface area (TPSA) is 46.3 Å². The van der Waals surface area contributed by atoms with Crippen LogP contribution in [0, 0.1) is 23.2 Å². The van der Waals surface area contributed by atoms with Gasteiger partial charge in [0.05, 0.1) is 0 Å². The van der Waals surface area contributed by atoms with E-state index in [0.29, 0.717) is 41.5 Å². The van der Waals surface area contributed by atoms with Gasteiger partial charge >= 0.3 is 0 Å². The van der Waals surface area contributed by atoms with E-state index in [1.165, 1.54) is 12.8 Å². The number of hydrogen-bond acceptors (Lipinski definition) is 2. The Balaban J connectivity index is 1.85. The van der Waals surface area contributed by atoms with E-state index in [9.17, 15) is 4.79 Å². The van der Waals surface area contributed by atoms with Crippen molar-refractivity contribution in [2.75, 3.05) is 13.1 Å². The van der Waals surface area contributed by atoms with Gasteiger partial charge in [-0.05, 0) is 42.4 Å². The number of nitrogens with two attached hydrogens (primary N) is 1. The summed E-state index contributed by atoms with van der Waals surface area (Å²) in [6.45, 7) is 10.8. The summed E-state index contributed by atoms with van der Waals surface area (Å²) in [6, 6.07) is 0.318. The molecule has 1 amide bonds. The first-order valence-corrected chi connectivity index (χ1v) is 8.29. The molecule has 4 unspecified atom stereocenters. The summed E-state index contributed by atoms with van der Waals surface area (Å²) in [5.41, 5.74) is 6.54. The van der Waals surface area contributed by atoms with Crippen LogP contribution < -0.4 is 5.73 Å². The summed E-state index contributed by atoms with van der Waals surface area (Å²) >= 11 is 0. The first-order chi connectivity index (χ1) is 9.26. The van der Waals surface area contributed by atoms with Crippen LogP contribution in [0.5, 0.6) is 0 Å². The molecule has 3 nitrogen and oxygen atoms in total. The molecule has 20 heavy (non-hydrogen) atoms. The minimum absolute atomic E-state index is 0.307. The van der Waals surface area contributed by atoms with Crippen molar-refractivity contribution in [3.63, 3.8) is 0 Å². The van der Waals surface area contributed by atoms with Crippen LogP contribution in [-0.4, -0.2) is 29.9 Å². The maximum absolute atomic E-state index is 12.5. The van der Waals surface area contributed by atoms with E-state index in [0.717, 1.165) is 25.9 Å². The summed E-state index contributed by atoms with van der Waals surface area (Å²) in [7, 11) is 0. The maximum Gasteiger partial charge on any atom is 0.222 e. The Kier molecular flexibility index (Phi) is 4.78. The van der Waals surface area contributed by atoms with Crippen LogP contribution >= 0.6 is 0 Å². The fourth-order valence-electron chi connectivity index (χ4n) is 4.27. The number of amides is 1. The summed E-state index contributed by atoms with van der Waals surface area (Å²) in [6.07, 6.45) is 5.46. The first-order valence-electron chi connectivity index (χ1n) is 8.29. The third kappa shape index (κ3) is 3.97. The highest BCUT2D eigenvalue weighted by atomic mass is 16.2. The standard InChI is InChI=1S/C17H32N2O/c1-12(9-17(2,3)4)8-16(20)19-10-13-6-5-7-15(18)14(13)11-19/h12-15H,5-11,18H2,1-4H3. The summed E-state index contributed by atoms with van der Waals surface area (Å²) < 4.78 is 0. The molecule has 0 aromatic rings. The van der Waals surface area contributed by atoms with Gasteiger partial charge in [-0.1, -0.05) is 34.1 Å². The molecule has 4 atom stereocenters. The summed E-state index contributed by atoms with van der Waals surface area (Å²) in [5, 5.41) is 0. The fraction of sp³-hybridized carbons (Fsp3) is 0.941. The Hall–Kier alpha value is -0.570. The van der Waals surface area contributed by atoms with E-state index in [1.54, 1.807) is 0 Å². The minimum atomic E-state index is 0.307. The minimum Gasteiger partial charge on any atom is -0.342 e. The zero-order valence-corrected chi connectivity index (χ0v) is 13.7. The molecule has 1 saturated carbocycles. The number of carbonyl (C=O) groups is 1. The van der Waals surface area contributed by atoms with Crippen LogP contribution in [0.25, 0.3) is 0 Å². The summed E-state index contributed by atoms with van der Waals surface area (Å²) in [4.78, 5) is 14.6. The Bertz CT molecular complexity index is 347. The zero-order chi connectivity index (χ0) is 14.9. The number of fused-ring (bicyclic) bond motifs is 1. The lowest BCUT2D eigenvalue weighted by Crippen LogP contribution is -2.38. The Morgan fingerprint density at radius 2 is 2.00 bits per heavy atom. The molecule has 1 saturated heterocycles. The SMILES string of the molecule is CC(CC(=O)N1CC2CCCC(N)C2C1)CC(C)(C)C. The highest BCUT2D eigenvalue weighted by Gasteiger charge is 2.40. The molecule has 0 aromatic carbocycles. The van der Waals surface area contributed by atoms with Gasteiger partial charge in [-0.2, -0.15) is 0 Å². The molecule has 116 valence electrons. The van der Waals surface area contributed by atoms with E-state index in [4.69, 9.17) is 5.73 Å². The Morgan fingerprint density at radius 3 is 2.60 bits per heavy atom. The maximum atomic E-state index is 12.5. The van der Waals surface area contributed by atoms with Crippen molar-refractivity contribution in [3.05, 3.63) is 0 Å². The van der Waals surface area contributed by atoms with Crippen LogP contribution in [0.1, 0.15) is 59.8 Å². The van der Waals surface area contributed by atoms with Crippen molar-refractivity contribution < 1.29 is 4.79 Å². The molecular weight excluding hydrogens is 248 g/mol. The highest BCUT2D eigenvalue weighted by molar-refractivity contribution is 5.76. The van der Waals surface area contributed by atoms with E-state index >= 15 is 0 Å². The molecule has 0 aromatic heterocycles. The smallest absolute Gasteiger partial charge is 0.222 e. The molecule has 1 aliphatic heterocycles. The fourth-order valence-corrected chi connectivity index (χ4v) is 4.27. The average Bonchev–Trinajstić information content (AvgIpc) is 2.71. The number of likely N-dealkylation sites (tertiary alicyclic amines) is 1. The first kappa shape index (κ1) is 15.8. The third-order valence-corrected chi connectivity index (χ3v) is 4.99. The third-order valence-electron chi connectivity index (χ3n) is 4.99. The predicted molar refractivity (Wildman–Crippen MR) is 83.2 cm³/mol. The number of nitrogens with zero attached hydrogens (tertiary/aromatic N) is 1. The van der Waals surface area contributed by atoms with Gasteiger partial charge in [0.25, 0.3) is 0 Å². The molecule has 0 spiro atoms. The molecule has 2 rings (SSSR count). The van der Waals surface area contributed by atoms with Crippen molar-refractivity contribution in [1.29, 1.82) is 0 Å². The predicted octanol–water partition coefficient (Wildman–Crippen LogP) is 3.03. The molecular formula is C17H32N2O. The van der Waals surface area contributed by atoms with Crippen LogP contribution in [0.3, 0.4) is 0 Å². The molecule has 1 aliphatic carbocycles. The largest absolute Gasteiger partial charge is 0.342 e. The quantitative estimate of drug-likeness (QED) is 0.863. The van der Waals surface area contributed by atoms with Gasteiger partial charge in [0.2, 0.25) is 5.91 Å². The lowest BCUT2D eigenvalue weighted by atomic mass is 9.78.